The third kappa shape index (κ3) is 9.08. The number of hydrogen-bond donors (Lipinski definition) is 2. The Bertz CT molecular complexity index is 326. The van der Waals surface area contributed by atoms with E-state index in [4.69, 9.17) is 0 Å². The van der Waals surface area contributed by atoms with E-state index in [1.807, 2.05) is 13.8 Å². The van der Waals surface area contributed by atoms with Crippen LogP contribution >= 0.6 is 0 Å². The van der Waals surface area contributed by atoms with Crippen molar-refractivity contribution >= 4 is 15.8 Å². The van der Waals surface area contributed by atoms with Gasteiger partial charge in [-0.15, -0.1) is 0 Å². The molecule has 0 saturated carbocycles. The monoisotopic (exact) mass is 267 g/mol. The predicted octanol–water partition coefficient (Wildman–Crippen LogP) is -0.819. The minimum Gasteiger partial charge on any atom is -0.468 e. The highest BCUT2D eigenvalue weighted by atomic mass is 32.2. The maximum absolute atomic E-state index is 11.4. The third-order valence-corrected chi connectivity index (χ3v) is 3.51. The summed E-state index contributed by atoms with van der Waals surface area (Å²) in [5, 5.41) is 12.4. The van der Waals surface area contributed by atoms with Crippen molar-refractivity contribution in [1.29, 1.82) is 0 Å². The maximum Gasteiger partial charge on any atom is 0.320 e. The molecule has 0 heterocycles. The highest BCUT2D eigenvalue weighted by molar-refractivity contribution is 7.92. The van der Waals surface area contributed by atoms with Crippen molar-refractivity contribution in [3.05, 3.63) is 0 Å². The predicted molar refractivity (Wildman–Crippen MR) is 64.4 cm³/mol. The summed E-state index contributed by atoms with van der Waals surface area (Å²) in [5.74, 6) is -1.51. The zero-order valence-electron chi connectivity index (χ0n) is 10.5. The van der Waals surface area contributed by atoms with E-state index in [-0.39, 0.29) is 6.54 Å². The van der Waals surface area contributed by atoms with Crippen molar-refractivity contribution in [2.24, 2.45) is 5.92 Å². The second-order valence-corrected chi connectivity index (χ2v) is 6.45. The molecule has 0 saturated heterocycles. The molecule has 0 aromatic heterocycles. The Labute approximate surface area is 102 Å². The fourth-order valence-corrected chi connectivity index (χ4v) is 2.49. The molecule has 2 N–H and O–H groups in total. The number of sulfone groups is 1. The lowest BCUT2D eigenvalue weighted by molar-refractivity contribution is -0.137. The molecule has 0 aliphatic carbocycles. The summed E-state index contributed by atoms with van der Waals surface area (Å²) >= 11 is 0. The Hall–Kier alpha value is -0.660. The van der Waals surface area contributed by atoms with Crippen LogP contribution in [0, 0.1) is 5.92 Å². The SMILES string of the molecule is COC(=O)CS(=O)(=O)CC(O)CNCC(C)C. The summed E-state index contributed by atoms with van der Waals surface area (Å²) in [4.78, 5) is 10.8. The van der Waals surface area contributed by atoms with Crippen molar-refractivity contribution in [2.45, 2.75) is 20.0 Å². The Morgan fingerprint density at radius 3 is 2.41 bits per heavy atom. The Kier molecular flexibility index (Phi) is 7.33. The molecule has 7 heteroatoms. The smallest absolute Gasteiger partial charge is 0.320 e. The molecule has 6 nitrogen and oxygen atoms in total. The minimum atomic E-state index is -3.61. The topological polar surface area (TPSA) is 92.7 Å². The average Bonchev–Trinajstić information content (AvgIpc) is 2.15. The van der Waals surface area contributed by atoms with Crippen LogP contribution in [0.25, 0.3) is 0 Å². The van der Waals surface area contributed by atoms with E-state index in [1.165, 1.54) is 0 Å². The van der Waals surface area contributed by atoms with Gasteiger partial charge >= 0.3 is 5.97 Å². The Morgan fingerprint density at radius 2 is 1.94 bits per heavy atom. The number of carbonyl (C=O) groups is 1. The van der Waals surface area contributed by atoms with E-state index in [0.29, 0.717) is 12.5 Å². The molecule has 0 aliphatic rings. The van der Waals surface area contributed by atoms with Gasteiger partial charge in [0, 0.05) is 6.54 Å². The van der Waals surface area contributed by atoms with E-state index in [9.17, 15) is 18.3 Å². The van der Waals surface area contributed by atoms with Gasteiger partial charge in [0.05, 0.1) is 19.0 Å². The van der Waals surface area contributed by atoms with E-state index in [0.717, 1.165) is 7.11 Å². The molecule has 0 aromatic carbocycles. The zero-order valence-corrected chi connectivity index (χ0v) is 11.3. The first-order valence-electron chi connectivity index (χ1n) is 5.43. The van der Waals surface area contributed by atoms with Crippen molar-refractivity contribution in [3.8, 4) is 0 Å². The number of aliphatic hydroxyl groups excluding tert-OH is 1. The summed E-state index contributed by atoms with van der Waals surface area (Å²) < 4.78 is 27.1. The summed E-state index contributed by atoms with van der Waals surface area (Å²) in [5.41, 5.74) is 0. The molecular weight excluding hydrogens is 246 g/mol. The quantitative estimate of drug-likeness (QED) is 0.558. The fraction of sp³-hybridized carbons (Fsp3) is 0.900. The van der Waals surface area contributed by atoms with E-state index in [1.54, 1.807) is 0 Å². The van der Waals surface area contributed by atoms with Crippen molar-refractivity contribution < 1.29 is 23.1 Å². The summed E-state index contributed by atoms with van der Waals surface area (Å²) in [6.45, 7) is 4.91. The molecule has 102 valence electrons. The lowest BCUT2D eigenvalue weighted by Crippen LogP contribution is -2.35. The minimum absolute atomic E-state index is 0.193. The highest BCUT2D eigenvalue weighted by Crippen LogP contribution is 1.96. The fourth-order valence-electron chi connectivity index (χ4n) is 1.19. The second-order valence-electron chi connectivity index (χ2n) is 4.34. The van der Waals surface area contributed by atoms with Gasteiger partial charge in [0.1, 0.15) is 5.75 Å². The highest BCUT2D eigenvalue weighted by Gasteiger charge is 2.21. The van der Waals surface area contributed by atoms with Crippen LogP contribution in [-0.4, -0.2) is 57.3 Å². The van der Waals surface area contributed by atoms with Gasteiger partial charge in [0.25, 0.3) is 0 Å². The van der Waals surface area contributed by atoms with Gasteiger partial charge in [-0.05, 0) is 12.5 Å². The number of esters is 1. The molecule has 0 rings (SSSR count). The van der Waals surface area contributed by atoms with Gasteiger partial charge in [-0.3, -0.25) is 4.79 Å². The first kappa shape index (κ1) is 16.3. The van der Waals surface area contributed by atoms with E-state index in [2.05, 4.69) is 10.1 Å². The van der Waals surface area contributed by atoms with Gasteiger partial charge in [0.15, 0.2) is 9.84 Å². The van der Waals surface area contributed by atoms with Gasteiger partial charge < -0.3 is 15.2 Å². The Balaban J connectivity index is 4.01. The van der Waals surface area contributed by atoms with E-state index < -0.39 is 33.4 Å². The number of aliphatic hydroxyl groups is 1. The van der Waals surface area contributed by atoms with Crippen LogP contribution in [0.3, 0.4) is 0 Å². The van der Waals surface area contributed by atoms with Gasteiger partial charge in [-0.2, -0.15) is 0 Å². The average molecular weight is 267 g/mol. The molecule has 0 aromatic rings. The summed E-state index contributed by atoms with van der Waals surface area (Å²) in [6, 6.07) is 0. The van der Waals surface area contributed by atoms with Crippen LogP contribution in [0.2, 0.25) is 0 Å². The first-order valence-corrected chi connectivity index (χ1v) is 7.25. The molecule has 0 radical (unpaired) electrons. The molecule has 0 spiro atoms. The van der Waals surface area contributed by atoms with Gasteiger partial charge in [-0.1, -0.05) is 13.8 Å². The number of nitrogens with one attached hydrogen (secondary N) is 1. The number of methoxy groups -OCH3 is 1. The first-order chi connectivity index (χ1) is 7.76. The molecule has 0 amide bonds. The van der Waals surface area contributed by atoms with Crippen molar-refractivity contribution in [1.82, 2.24) is 5.32 Å². The molecular formula is C10H21NO5S. The Morgan fingerprint density at radius 1 is 1.35 bits per heavy atom. The lowest BCUT2D eigenvalue weighted by Gasteiger charge is -2.13. The number of carbonyl (C=O) groups excluding carboxylic acids is 1. The molecule has 0 aliphatic heterocycles. The molecule has 1 unspecified atom stereocenters. The largest absolute Gasteiger partial charge is 0.468 e. The standard InChI is InChI=1S/C10H21NO5S/c1-8(2)4-11-5-9(12)6-17(14,15)7-10(13)16-3/h8-9,11-12H,4-7H2,1-3H3. The molecule has 17 heavy (non-hydrogen) atoms. The summed E-state index contributed by atoms with van der Waals surface area (Å²) in [7, 11) is -2.48. The van der Waals surface area contributed by atoms with Crippen LogP contribution in [0.5, 0.6) is 0 Å². The van der Waals surface area contributed by atoms with Crippen LogP contribution in [0.4, 0.5) is 0 Å². The lowest BCUT2D eigenvalue weighted by atomic mass is 10.2. The van der Waals surface area contributed by atoms with Crippen LogP contribution in [0.1, 0.15) is 13.8 Å². The van der Waals surface area contributed by atoms with Crippen LogP contribution in [0.15, 0.2) is 0 Å². The number of ether oxygens (including phenoxy) is 1. The van der Waals surface area contributed by atoms with Crippen LogP contribution < -0.4 is 5.32 Å². The normalized spacial score (nSPS) is 13.7. The number of rotatable bonds is 8. The molecule has 0 bridgehead atoms. The van der Waals surface area contributed by atoms with Gasteiger partial charge in [0.2, 0.25) is 0 Å². The van der Waals surface area contributed by atoms with Crippen LogP contribution in [-0.2, 0) is 19.4 Å². The summed E-state index contributed by atoms with van der Waals surface area (Å²) in [6.07, 6.45) is -1.01. The second kappa shape index (κ2) is 7.62. The van der Waals surface area contributed by atoms with Crippen molar-refractivity contribution in [3.63, 3.8) is 0 Å². The van der Waals surface area contributed by atoms with Crippen molar-refractivity contribution in [2.75, 3.05) is 31.7 Å². The third-order valence-electron chi connectivity index (χ3n) is 1.94. The maximum atomic E-state index is 11.4. The molecule has 1 atom stereocenters. The molecule has 0 fully saturated rings. The van der Waals surface area contributed by atoms with E-state index >= 15 is 0 Å². The zero-order chi connectivity index (χ0) is 13.5. The van der Waals surface area contributed by atoms with Gasteiger partial charge in [-0.25, -0.2) is 8.42 Å². The number of hydrogen-bond acceptors (Lipinski definition) is 6.